The van der Waals surface area contributed by atoms with Crippen molar-refractivity contribution in [2.24, 2.45) is 0 Å². The molecule has 104 valence electrons. The quantitative estimate of drug-likeness (QED) is 0.782. The lowest BCUT2D eigenvalue weighted by molar-refractivity contribution is 0.102. The lowest BCUT2D eigenvalue weighted by Gasteiger charge is -2.08. The zero-order chi connectivity index (χ0) is 14.8. The molecular weight excluding hydrogens is 264 g/mol. The van der Waals surface area contributed by atoms with Gasteiger partial charge >= 0.3 is 0 Å². The number of benzene rings is 1. The molecule has 0 unspecified atom stereocenters. The van der Waals surface area contributed by atoms with E-state index in [1.54, 1.807) is 19.2 Å². The molecule has 1 aromatic carbocycles. The van der Waals surface area contributed by atoms with Gasteiger partial charge in [0.05, 0.1) is 11.2 Å². The van der Waals surface area contributed by atoms with E-state index in [4.69, 9.17) is 0 Å². The van der Waals surface area contributed by atoms with E-state index in [9.17, 15) is 4.79 Å². The van der Waals surface area contributed by atoms with E-state index >= 15 is 0 Å². The van der Waals surface area contributed by atoms with E-state index in [2.05, 4.69) is 20.3 Å². The SMILES string of the molecule is Cc1cc(C(=O)Nc2cccc3cccnc23)nc(C)n1. The van der Waals surface area contributed by atoms with Crippen LogP contribution in [0.25, 0.3) is 10.9 Å². The van der Waals surface area contributed by atoms with E-state index in [-0.39, 0.29) is 5.91 Å². The standard InChI is InChI=1S/C16H14N4O/c1-10-9-14(19-11(2)18-10)16(21)20-13-7-3-5-12-6-4-8-17-15(12)13/h3-9H,1-2H3,(H,20,21). The fourth-order valence-electron chi connectivity index (χ4n) is 2.22. The third-order valence-electron chi connectivity index (χ3n) is 3.08. The molecule has 0 atom stereocenters. The summed E-state index contributed by atoms with van der Waals surface area (Å²) in [5.41, 5.74) is 2.56. The second-order valence-corrected chi connectivity index (χ2v) is 4.78. The van der Waals surface area contributed by atoms with Crippen LogP contribution in [0.1, 0.15) is 22.0 Å². The van der Waals surface area contributed by atoms with Gasteiger partial charge < -0.3 is 5.32 Å². The number of carbonyl (C=O) groups is 1. The minimum Gasteiger partial charge on any atom is -0.319 e. The van der Waals surface area contributed by atoms with Crippen molar-refractivity contribution >= 4 is 22.5 Å². The number of rotatable bonds is 2. The maximum absolute atomic E-state index is 12.3. The van der Waals surface area contributed by atoms with Gasteiger partial charge in [0.15, 0.2) is 0 Å². The summed E-state index contributed by atoms with van der Waals surface area (Å²) in [7, 11) is 0. The highest BCUT2D eigenvalue weighted by molar-refractivity contribution is 6.07. The predicted molar refractivity (Wildman–Crippen MR) is 81.2 cm³/mol. The molecule has 1 N–H and O–H groups in total. The Morgan fingerprint density at radius 2 is 1.90 bits per heavy atom. The van der Waals surface area contributed by atoms with Crippen LogP contribution in [0.2, 0.25) is 0 Å². The Morgan fingerprint density at radius 3 is 2.71 bits per heavy atom. The van der Waals surface area contributed by atoms with Gasteiger partial charge in [0.2, 0.25) is 0 Å². The number of nitrogens with zero attached hydrogens (tertiary/aromatic N) is 3. The number of hydrogen-bond donors (Lipinski definition) is 1. The maximum Gasteiger partial charge on any atom is 0.274 e. The number of pyridine rings is 1. The molecule has 0 aliphatic carbocycles. The maximum atomic E-state index is 12.3. The normalized spacial score (nSPS) is 10.6. The molecule has 0 bridgehead atoms. The predicted octanol–water partition coefficient (Wildman–Crippen LogP) is 2.89. The number of para-hydroxylation sites is 1. The Morgan fingerprint density at radius 1 is 1.10 bits per heavy atom. The van der Waals surface area contributed by atoms with E-state index in [0.29, 0.717) is 17.2 Å². The summed E-state index contributed by atoms with van der Waals surface area (Å²) in [6.45, 7) is 3.61. The minimum absolute atomic E-state index is 0.262. The number of fused-ring (bicyclic) bond motifs is 1. The van der Waals surface area contributed by atoms with E-state index in [1.807, 2.05) is 37.3 Å². The number of anilines is 1. The van der Waals surface area contributed by atoms with Gasteiger partial charge in [-0.1, -0.05) is 18.2 Å². The van der Waals surface area contributed by atoms with Gasteiger partial charge in [-0.2, -0.15) is 0 Å². The first-order valence-electron chi connectivity index (χ1n) is 6.61. The third-order valence-corrected chi connectivity index (χ3v) is 3.08. The molecule has 0 aliphatic heterocycles. The van der Waals surface area contributed by atoms with Crippen LogP contribution in [-0.4, -0.2) is 20.9 Å². The van der Waals surface area contributed by atoms with Gasteiger partial charge in [-0.25, -0.2) is 9.97 Å². The van der Waals surface area contributed by atoms with Crippen molar-refractivity contribution in [3.05, 3.63) is 59.8 Å². The van der Waals surface area contributed by atoms with Crippen LogP contribution in [0, 0.1) is 13.8 Å². The second kappa shape index (κ2) is 5.28. The van der Waals surface area contributed by atoms with Crippen molar-refractivity contribution in [3.63, 3.8) is 0 Å². The van der Waals surface area contributed by atoms with Gasteiger partial charge in [0.1, 0.15) is 11.5 Å². The molecule has 0 saturated carbocycles. The highest BCUT2D eigenvalue weighted by Crippen LogP contribution is 2.21. The molecule has 2 aromatic heterocycles. The van der Waals surface area contributed by atoms with Gasteiger partial charge in [-0.15, -0.1) is 0 Å². The van der Waals surface area contributed by atoms with Crippen LogP contribution in [0.4, 0.5) is 5.69 Å². The monoisotopic (exact) mass is 278 g/mol. The molecule has 0 spiro atoms. The number of amides is 1. The van der Waals surface area contributed by atoms with Crippen molar-refractivity contribution in [3.8, 4) is 0 Å². The highest BCUT2D eigenvalue weighted by atomic mass is 16.1. The zero-order valence-corrected chi connectivity index (χ0v) is 11.8. The molecule has 5 heteroatoms. The fraction of sp³-hybridized carbons (Fsp3) is 0.125. The van der Waals surface area contributed by atoms with E-state index in [1.165, 1.54) is 0 Å². The Kier molecular flexibility index (Phi) is 3.31. The first-order chi connectivity index (χ1) is 10.1. The Bertz CT molecular complexity index is 804. The summed E-state index contributed by atoms with van der Waals surface area (Å²) in [6, 6.07) is 11.2. The van der Waals surface area contributed by atoms with Gasteiger partial charge in [0.25, 0.3) is 5.91 Å². The van der Waals surface area contributed by atoms with Crippen molar-refractivity contribution in [2.75, 3.05) is 5.32 Å². The highest BCUT2D eigenvalue weighted by Gasteiger charge is 2.11. The van der Waals surface area contributed by atoms with Crippen molar-refractivity contribution in [1.82, 2.24) is 15.0 Å². The van der Waals surface area contributed by atoms with Gasteiger partial charge in [-0.3, -0.25) is 9.78 Å². The Hall–Kier alpha value is -2.82. The molecule has 21 heavy (non-hydrogen) atoms. The fourth-order valence-corrected chi connectivity index (χ4v) is 2.22. The average molecular weight is 278 g/mol. The Labute approximate surface area is 122 Å². The topological polar surface area (TPSA) is 67.8 Å². The molecule has 0 saturated heterocycles. The van der Waals surface area contributed by atoms with Crippen molar-refractivity contribution in [1.29, 1.82) is 0 Å². The summed E-state index contributed by atoms with van der Waals surface area (Å²) in [6.07, 6.45) is 1.71. The van der Waals surface area contributed by atoms with Gasteiger partial charge in [0, 0.05) is 17.3 Å². The molecule has 1 amide bonds. The largest absolute Gasteiger partial charge is 0.319 e. The molecule has 5 nitrogen and oxygen atoms in total. The minimum atomic E-state index is -0.262. The van der Waals surface area contributed by atoms with Crippen LogP contribution in [0.15, 0.2) is 42.6 Å². The van der Waals surface area contributed by atoms with Crippen molar-refractivity contribution < 1.29 is 4.79 Å². The summed E-state index contributed by atoms with van der Waals surface area (Å²) >= 11 is 0. The summed E-state index contributed by atoms with van der Waals surface area (Å²) in [5, 5.41) is 3.84. The van der Waals surface area contributed by atoms with Crippen LogP contribution < -0.4 is 5.32 Å². The first-order valence-corrected chi connectivity index (χ1v) is 6.61. The molecule has 0 aliphatic rings. The third kappa shape index (κ3) is 2.72. The lowest BCUT2D eigenvalue weighted by atomic mass is 10.2. The van der Waals surface area contributed by atoms with E-state index < -0.39 is 0 Å². The lowest BCUT2D eigenvalue weighted by Crippen LogP contribution is -2.15. The number of carbonyl (C=O) groups excluding carboxylic acids is 1. The summed E-state index contributed by atoms with van der Waals surface area (Å²) in [5.74, 6) is 0.318. The number of hydrogen-bond acceptors (Lipinski definition) is 4. The molecule has 3 rings (SSSR count). The number of nitrogens with one attached hydrogen (secondary N) is 1. The van der Waals surface area contributed by atoms with Crippen LogP contribution in [0.5, 0.6) is 0 Å². The number of aromatic nitrogens is 3. The van der Waals surface area contributed by atoms with Gasteiger partial charge in [-0.05, 0) is 32.0 Å². The zero-order valence-electron chi connectivity index (χ0n) is 11.8. The van der Waals surface area contributed by atoms with Crippen molar-refractivity contribution in [2.45, 2.75) is 13.8 Å². The molecular formula is C16H14N4O. The molecule has 3 aromatic rings. The summed E-state index contributed by atoms with van der Waals surface area (Å²) < 4.78 is 0. The molecule has 2 heterocycles. The van der Waals surface area contributed by atoms with Crippen LogP contribution in [0.3, 0.4) is 0 Å². The number of aryl methyl sites for hydroxylation is 2. The summed E-state index contributed by atoms with van der Waals surface area (Å²) in [4.78, 5) is 25.0. The smallest absolute Gasteiger partial charge is 0.274 e. The second-order valence-electron chi connectivity index (χ2n) is 4.78. The molecule has 0 fully saturated rings. The Balaban J connectivity index is 1.96. The van der Waals surface area contributed by atoms with E-state index in [0.717, 1.165) is 16.6 Å². The molecule has 0 radical (unpaired) electrons. The van der Waals surface area contributed by atoms with Crippen LogP contribution in [-0.2, 0) is 0 Å². The van der Waals surface area contributed by atoms with Crippen LogP contribution >= 0.6 is 0 Å². The average Bonchev–Trinajstić information content (AvgIpc) is 2.46. The first kappa shape index (κ1) is 13.2.